The molecule has 142 valence electrons. The Bertz CT molecular complexity index is 765. The first kappa shape index (κ1) is 19.4. The van der Waals surface area contributed by atoms with Crippen molar-refractivity contribution in [3.05, 3.63) is 29.8 Å². The highest BCUT2D eigenvalue weighted by Gasteiger charge is 2.51. The summed E-state index contributed by atoms with van der Waals surface area (Å²) in [5, 5.41) is 11.8. The zero-order chi connectivity index (χ0) is 19.4. The topological polar surface area (TPSA) is 90.3 Å². The van der Waals surface area contributed by atoms with Crippen molar-refractivity contribution < 1.29 is 14.4 Å². The highest BCUT2D eigenvalue weighted by Crippen LogP contribution is 2.39. The second-order valence-electron chi connectivity index (χ2n) is 7.02. The molecule has 3 atom stereocenters. The largest absolute Gasteiger partial charge is 0.324 e. The smallest absolute Gasteiger partial charge is 0.247 e. The molecule has 0 spiro atoms. The van der Waals surface area contributed by atoms with Gasteiger partial charge in [0.15, 0.2) is 0 Å². The number of thioether (sulfide) groups is 1. The molecule has 3 unspecified atom stereocenters. The van der Waals surface area contributed by atoms with Crippen molar-refractivity contribution in [1.29, 1.82) is 5.26 Å². The van der Waals surface area contributed by atoms with Gasteiger partial charge in [0.25, 0.3) is 0 Å². The normalized spacial score (nSPS) is 22.9. The minimum absolute atomic E-state index is 0.197. The lowest BCUT2D eigenvalue weighted by Gasteiger charge is -2.26. The lowest BCUT2D eigenvalue weighted by Crippen LogP contribution is -2.48. The number of likely N-dealkylation sites (tertiary alicyclic amines) is 1. The molecule has 1 aliphatic carbocycles. The van der Waals surface area contributed by atoms with Crippen LogP contribution in [0, 0.1) is 23.2 Å². The van der Waals surface area contributed by atoms with Crippen LogP contribution < -0.4 is 5.32 Å². The van der Waals surface area contributed by atoms with Crippen LogP contribution >= 0.6 is 11.8 Å². The Morgan fingerprint density at radius 1 is 1.30 bits per heavy atom. The Balaban J connectivity index is 1.82. The summed E-state index contributed by atoms with van der Waals surface area (Å²) in [6.07, 6.45) is 5.72. The van der Waals surface area contributed by atoms with Crippen LogP contribution in [-0.2, 0) is 14.4 Å². The van der Waals surface area contributed by atoms with E-state index in [-0.39, 0.29) is 29.6 Å². The van der Waals surface area contributed by atoms with Crippen molar-refractivity contribution in [3.8, 4) is 6.07 Å². The van der Waals surface area contributed by atoms with Crippen molar-refractivity contribution in [2.24, 2.45) is 11.8 Å². The van der Waals surface area contributed by atoms with Gasteiger partial charge < -0.3 is 5.32 Å². The van der Waals surface area contributed by atoms with E-state index in [9.17, 15) is 14.4 Å². The molecule has 1 aromatic rings. The van der Waals surface area contributed by atoms with Crippen LogP contribution in [0.3, 0.4) is 0 Å². The van der Waals surface area contributed by atoms with Crippen molar-refractivity contribution >= 4 is 35.2 Å². The highest BCUT2D eigenvalue weighted by atomic mass is 32.2. The molecule has 0 aromatic heterocycles. The van der Waals surface area contributed by atoms with E-state index in [0.717, 1.165) is 25.7 Å². The number of carbonyl (C=O) groups is 3. The minimum atomic E-state index is -0.811. The van der Waals surface area contributed by atoms with Gasteiger partial charge in [-0.25, -0.2) is 0 Å². The molecule has 6 nitrogen and oxygen atoms in total. The zero-order valence-electron chi connectivity index (χ0n) is 15.3. The number of anilines is 1. The van der Waals surface area contributed by atoms with Gasteiger partial charge in [-0.05, 0) is 49.5 Å². The molecule has 2 fully saturated rings. The van der Waals surface area contributed by atoms with Crippen LogP contribution in [0.5, 0.6) is 0 Å². The lowest BCUT2D eigenvalue weighted by molar-refractivity contribution is -0.146. The molecule has 1 saturated heterocycles. The Morgan fingerprint density at radius 3 is 2.56 bits per heavy atom. The Kier molecular flexibility index (Phi) is 6.17. The molecule has 2 aliphatic rings. The molecule has 1 aromatic carbocycles. The predicted octanol–water partition coefficient (Wildman–Crippen LogP) is 2.79. The van der Waals surface area contributed by atoms with Gasteiger partial charge in [0.1, 0.15) is 6.04 Å². The number of carbonyl (C=O) groups excluding carboxylic acids is 3. The molecule has 3 amide bonds. The third-order valence-corrected chi connectivity index (χ3v) is 5.99. The number of amides is 3. The summed E-state index contributed by atoms with van der Waals surface area (Å²) < 4.78 is 0. The Hall–Kier alpha value is -2.33. The molecule has 7 heteroatoms. The number of hydrogen-bond donors (Lipinski definition) is 1. The first-order chi connectivity index (χ1) is 13.1. The van der Waals surface area contributed by atoms with Crippen LogP contribution in [0.25, 0.3) is 0 Å². The van der Waals surface area contributed by atoms with Crippen molar-refractivity contribution in [2.45, 2.75) is 38.1 Å². The fourth-order valence-electron chi connectivity index (χ4n) is 3.99. The third kappa shape index (κ3) is 4.01. The molecule has 1 saturated carbocycles. The fraction of sp³-hybridized carbons (Fsp3) is 0.500. The Labute approximate surface area is 163 Å². The van der Waals surface area contributed by atoms with Gasteiger partial charge in [-0.2, -0.15) is 17.0 Å². The van der Waals surface area contributed by atoms with Crippen molar-refractivity contribution in [3.63, 3.8) is 0 Å². The van der Waals surface area contributed by atoms with E-state index in [1.807, 2.05) is 12.3 Å². The number of rotatable bonds is 6. The van der Waals surface area contributed by atoms with E-state index in [0.29, 0.717) is 23.4 Å². The van der Waals surface area contributed by atoms with E-state index in [2.05, 4.69) is 5.32 Å². The summed E-state index contributed by atoms with van der Waals surface area (Å²) in [4.78, 5) is 39.9. The molecule has 1 heterocycles. The number of nitrogens with zero attached hydrogens (tertiary/aromatic N) is 2. The predicted molar refractivity (Wildman–Crippen MR) is 104 cm³/mol. The summed E-state index contributed by atoms with van der Waals surface area (Å²) in [5.41, 5.74) is 0.928. The van der Waals surface area contributed by atoms with Crippen LogP contribution in [0.1, 0.15) is 37.7 Å². The van der Waals surface area contributed by atoms with Gasteiger partial charge >= 0.3 is 0 Å². The SMILES string of the molecule is CSCCC(C(=O)Nc1cccc(C#N)c1)N1C(=O)C2CCCCC2C1=O. The third-order valence-electron chi connectivity index (χ3n) is 5.34. The van der Waals surface area contributed by atoms with E-state index >= 15 is 0 Å². The molecule has 0 bridgehead atoms. The second kappa shape index (κ2) is 8.57. The second-order valence-corrected chi connectivity index (χ2v) is 8.01. The van der Waals surface area contributed by atoms with Crippen LogP contribution in [0.2, 0.25) is 0 Å². The molecule has 0 radical (unpaired) electrons. The molecule has 1 N–H and O–H groups in total. The Morgan fingerprint density at radius 2 is 1.96 bits per heavy atom. The number of imide groups is 1. The molecule has 27 heavy (non-hydrogen) atoms. The number of hydrogen-bond acceptors (Lipinski definition) is 5. The summed E-state index contributed by atoms with van der Waals surface area (Å²) in [5.74, 6) is -0.633. The van der Waals surface area contributed by atoms with Gasteiger partial charge in [0, 0.05) is 5.69 Å². The maximum atomic E-state index is 13.0. The highest BCUT2D eigenvalue weighted by molar-refractivity contribution is 7.98. The van der Waals surface area contributed by atoms with Gasteiger partial charge in [0.2, 0.25) is 17.7 Å². The molecular formula is C20H23N3O3S. The molecule has 1 aliphatic heterocycles. The summed E-state index contributed by atoms with van der Waals surface area (Å²) in [6, 6.07) is 7.83. The summed E-state index contributed by atoms with van der Waals surface area (Å²) >= 11 is 1.57. The van der Waals surface area contributed by atoms with E-state index < -0.39 is 6.04 Å². The van der Waals surface area contributed by atoms with E-state index in [1.54, 1.807) is 36.0 Å². The average molecular weight is 385 g/mol. The van der Waals surface area contributed by atoms with Gasteiger partial charge in [0.05, 0.1) is 23.5 Å². The quantitative estimate of drug-likeness (QED) is 0.761. The maximum absolute atomic E-state index is 13.0. The average Bonchev–Trinajstić information content (AvgIpc) is 2.94. The first-order valence-corrected chi connectivity index (χ1v) is 10.6. The maximum Gasteiger partial charge on any atom is 0.247 e. The summed E-state index contributed by atoms with van der Waals surface area (Å²) in [7, 11) is 0. The molecule has 3 rings (SSSR count). The van der Waals surface area contributed by atoms with Crippen LogP contribution in [0.4, 0.5) is 5.69 Å². The van der Waals surface area contributed by atoms with Gasteiger partial charge in [-0.1, -0.05) is 18.9 Å². The van der Waals surface area contributed by atoms with E-state index in [4.69, 9.17) is 5.26 Å². The van der Waals surface area contributed by atoms with E-state index in [1.165, 1.54) is 4.90 Å². The standard InChI is InChI=1S/C20H23N3O3S/c1-27-10-9-17(18(24)22-14-6-4-5-13(11-14)12-21)23-19(25)15-7-2-3-8-16(15)20(23)26/h4-6,11,15-17H,2-3,7-10H2,1H3,(H,22,24). The fourth-order valence-corrected chi connectivity index (χ4v) is 4.45. The van der Waals surface area contributed by atoms with Gasteiger partial charge in [-0.15, -0.1) is 0 Å². The lowest BCUT2D eigenvalue weighted by atomic mass is 9.81. The minimum Gasteiger partial charge on any atom is -0.324 e. The number of nitriles is 1. The number of benzene rings is 1. The van der Waals surface area contributed by atoms with Crippen LogP contribution in [-0.4, -0.2) is 40.7 Å². The monoisotopic (exact) mass is 385 g/mol. The van der Waals surface area contributed by atoms with Crippen molar-refractivity contribution in [2.75, 3.05) is 17.3 Å². The summed E-state index contributed by atoms with van der Waals surface area (Å²) in [6.45, 7) is 0. The number of fused-ring (bicyclic) bond motifs is 1. The molecular weight excluding hydrogens is 362 g/mol. The number of nitrogens with one attached hydrogen (secondary N) is 1. The van der Waals surface area contributed by atoms with Crippen molar-refractivity contribution in [1.82, 2.24) is 4.90 Å². The zero-order valence-corrected chi connectivity index (χ0v) is 16.1. The first-order valence-electron chi connectivity index (χ1n) is 9.23. The van der Waals surface area contributed by atoms with Gasteiger partial charge in [-0.3, -0.25) is 19.3 Å². The van der Waals surface area contributed by atoms with Crippen LogP contribution in [0.15, 0.2) is 24.3 Å².